The molecule has 1 atom stereocenters. The van der Waals surface area contributed by atoms with Gasteiger partial charge in [-0.05, 0) is 48.6 Å². The van der Waals surface area contributed by atoms with E-state index in [-0.39, 0.29) is 11.9 Å². The zero-order chi connectivity index (χ0) is 18.9. The van der Waals surface area contributed by atoms with Crippen molar-refractivity contribution in [1.29, 1.82) is 0 Å². The number of nitrogens with zero attached hydrogens (tertiary/aromatic N) is 3. The van der Waals surface area contributed by atoms with E-state index in [1.165, 1.54) is 4.88 Å². The van der Waals surface area contributed by atoms with Gasteiger partial charge in [-0.3, -0.25) is 9.78 Å². The molecular weight excluding hydrogens is 366 g/mol. The summed E-state index contributed by atoms with van der Waals surface area (Å²) in [7, 11) is 0. The summed E-state index contributed by atoms with van der Waals surface area (Å²) in [5.41, 5.74) is 3.33. The Balaban J connectivity index is 1.62. The summed E-state index contributed by atoms with van der Waals surface area (Å²) in [6.07, 6.45) is 5.56. The number of thiophene rings is 1. The van der Waals surface area contributed by atoms with E-state index in [4.69, 9.17) is 4.98 Å². The van der Waals surface area contributed by atoms with Crippen LogP contribution >= 0.6 is 11.3 Å². The van der Waals surface area contributed by atoms with Gasteiger partial charge in [-0.1, -0.05) is 24.3 Å². The number of hydrogen-bond acceptors (Lipinski definition) is 4. The summed E-state index contributed by atoms with van der Waals surface area (Å²) < 4.78 is 0. The third-order valence-electron chi connectivity index (χ3n) is 5.31. The minimum absolute atomic E-state index is 0.0878. The normalized spacial score (nSPS) is 16.6. The maximum atomic E-state index is 13.6. The summed E-state index contributed by atoms with van der Waals surface area (Å²) in [5, 5.41) is 2.99. The van der Waals surface area contributed by atoms with Crippen molar-refractivity contribution in [2.75, 3.05) is 6.54 Å². The molecule has 0 N–H and O–H groups in total. The average molecular weight is 385 g/mol. The van der Waals surface area contributed by atoms with Gasteiger partial charge in [0.05, 0.1) is 22.8 Å². The summed E-state index contributed by atoms with van der Waals surface area (Å²) in [6.45, 7) is 0.794. The molecule has 0 aliphatic carbocycles. The molecule has 4 nitrogen and oxygen atoms in total. The molecule has 0 saturated carbocycles. The van der Waals surface area contributed by atoms with Gasteiger partial charge in [-0.25, -0.2) is 4.98 Å². The van der Waals surface area contributed by atoms with Crippen LogP contribution in [0.1, 0.15) is 34.1 Å². The Labute approximate surface area is 167 Å². The maximum absolute atomic E-state index is 13.6. The second-order valence-electron chi connectivity index (χ2n) is 6.98. The fourth-order valence-corrected chi connectivity index (χ4v) is 4.84. The minimum atomic E-state index is 0.0878. The Morgan fingerprint density at radius 3 is 2.75 bits per heavy atom. The van der Waals surface area contributed by atoms with Crippen LogP contribution in [0.25, 0.3) is 22.2 Å². The highest BCUT2D eigenvalue weighted by Gasteiger charge is 2.32. The molecule has 1 aliphatic heterocycles. The molecule has 1 aromatic carbocycles. The summed E-state index contributed by atoms with van der Waals surface area (Å²) in [6, 6.07) is 18.0. The highest BCUT2D eigenvalue weighted by atomic mass is 32.1. The lowest BCUT2D eigenvalue weighted by atomic mass is 10.0. The predicted molar refractivity (Wildman–Crippen MR) is 112 cm³/mol. The van der Waals surface area contributed by atoms with E-state index >= 15 is 0 Å². The number of para-hydroxylation sites is 1. The Morgan fingerprint density at radius 2 is 1.93 bits per heavy atom. The number of amides is 1. The number of rotatable bonds is 3. The molecule has 4 aromatic rings. The van der Waals surface area contributed by atoms with Crippen molar-refractivity contribution in [3.8, 4) is 11.3 Å². The van der Waals surface area contributed by atoms with Gasteiger partial charge < -0.3 is 4.90 Å². The summed E-state index contributed by atoms with van der Waals surface area (Å²) in [5.74, 6) is 0.0878. The van der Waals surface area contributed by atoms with Crippen LogP contribution in [0.2, 0.25) is 0 Å². The van der Waals surface area contributed by atoms with Crippen molar-refractivity contribution in [2.24, 2.45) is 0 Å². The van der Waals surface area contributed by atoms with Gasteiger partial charge in [-0.15, -0.1) is 11.3 Å². The van der Waals surface area contributed by atoms with Crippen molar-refractivity contribution in [3.63, 3.8) is 0 Å². The van der Waals surface area contributed by atoms with Crippen LogP contribution in [0.3, 0.4) is 0 Å². The zero-order valence-electron chi connectivity index (χ0n) is 15.3. The molecule has 1 amide bonds. The quantitative estimate of drug-likeness (QED) is 0.478. The van der Waals surface area contributed by atoms with E-state index in [9.17, 15) is 4.79 Å². The van der Waals surface area contributed by atoms with Crippen LogP contribution in [0, 0.1) is 0 Å². The molecule has 0 spiro atoms. The first-order chi connectivity index (χ1) is 13.8. The number of hydrogen-bond donors (Lipinski definition) is 0. The first-order valence-corrected chi connectivity index (χ1v) is 10.3. The SMILES string of the molecule is O=C(c1cc(-c2ccncc2)nc2ccccc12)N1CCC[C@@H]1c1cccs1. The molecule has 0 unspecified atom stereocenters. The van der Waals surface area contributed by atoms with Crippen LogP contribution in [0.15, 0.2) is 72.4 Å². The molecule has 1 aliphatic rings. The smallest absolute Gasteiger partial charge is 0.255 e. The van der Waals surface area contributed by atoms with Gasteiger partial charge in [0.2, 0.25) is 0 Å². The van der Waals surface area contributed by atoms with E-state index in [1.54, 1.807) is 23.7 Å². The van der Waals surface area contributed by atoms with Gasteiger partial charge in [-0.2, -0.15) is 0 Å². The monoisotopic (exact) mass is 385 g/mol. The molecular formula is C23H19N3OS. The number of carbonyl (C=O) groups is 1. The molecule has 28 heavy (non-hydrogen) atoms. The Kier molecular flexibility index (Phi) is 4.37. The first-order valence-electron chi connectivity index (χ1n) is 9.46. The van der Waals surface area contributed by atoms with Crippen molar-refractivity contribution in [1.82, 2.24) is 14.9 Å². The molecule has 0 radical (unpaired) electrons. The molecule has 5 heteroatoms. The lowest BCUT2D eigenvalue weighted by Gasteiger charge is -2.25. The van der Waals surface area contributed by atoms with Crippen LogP contribution in [0.4, 0.5) is 0 Å². The number of pyridine rings is 2. The molecule has 1 fully saturated rings. The van der Waals surface area contributed by atoms with Gasteiger partial charge in [0.25, 0.3) is 5.91 Å². The van der Waals surface area contributed by atoms with Gasteiger partial charge >= 0.3 is 0 Å². The second-order valence-corrected chi connectivity index (χ2v) is 7.96. The zero-order valence-corrected chi connectivity index (χ0v) is 16.1. The number of benzene rings is 1. The van der Waals surface area contributed by atoms with Crippen molar-refractivity contribution in [3.05, 3.63) is 82.8 Å². The van der Waals surface area contributed by atoms with E-state index in [0.29, 0.717) is 0 Å². The van der Waals surface area contributed by atoms with Crippen LogP contribution in [-0.2, 0) is 0 Å². The summed E-state index contributed by atoms with van der Waals surface area (Å²) >= 11 is 1.73. The molecule has 4 heterocycles. The summed E-state index contributed by atoms with van der Waals surface area (Å²) in [4.78, 5) is 25.8. The third kappa shape index (κ3) is 2.98. The maximum Gasteiger partial charge on any atom is 0.255 e. The van der Waals surface area contributed by atoms with E-state index in [1.807, 2.05) is 47.4 Å². The number of fused-ring (bicyclic) bond motifs is 1. The largest absolute Gasteiger partial charge is 0.331 e. The average Bonchev–Trinajstić information content (AvgIpc) is 3.44. The molecule has 0 bridgehead atoms. The standard InChI is InChI=1S/C23H19N3OS/c27-23(26-13-3-7-21(26)22-8-4-14-28-22)18-15-20(16-9-11-24-12-10-16)25-19-6-2-1-5-17(18)19/h1-2,4-6,8-12,14-15,21H,3,7,13H2/t21-/m1/s1. The fraction of sp³-hybridized carbons (Fsp3) is 0.174. The van der Waals surface area contributed by atoms with Gasteiger partial charge in [0.1, 0.15) is 0 Å². The first kappa shape index (κ1) is 17.1. The van der Waals surface area contributed by atoms with Crippen molar-refractivity contribution >= 4 is 28.1 Å². The molecule has 1 saturated heterocycles. The Bertz CT molecular complexity index is 1130. The van der Waals surface area contributed by atoms with Crippen LogP contribution in [-0.4, -0.2) is 27.3 Å². The van der Waals surface area contributed by atoms with Gasteiger partial charge in [0, 0.05) is 34.8 Å². The van der Waals surface area contributed by atoms with Crippen LogP contribution in [0.5, 0.6) is 0 Å². The van der Waals surface area contributed by atoms with Crippen LogP contribution < -0.4 is 0 Å². The number of carbonyl (C=O) groups excluding carboxylic acids is 1. The fourth-order valence-electron chi connectivity index (χ4n) is 3.96. The van der Waals surface area contributed by atoms with E-state index < -0.39 is 0 Å². The molecule has 5 rings (SSSR count). The molecule has 138 valence electrons. The highest BCUT2D eigenvalue weighted by molar-refractivity contribution is 7.10. The van der Waals surface area contributed by atoms with Crippen molar-refractivity contribution < 1.29 is 4.79 Å². The second kappa shape index (κ2) is 7.17. The third-order valence-corrected chi connectivity index (χ3v) is 6.28. The molecule has 3 aromatic heterocycles. The predicted octanol–water partition coefficient (Wildman–Crippen LogP) is 5.34. The lowest BCUT2D eigenvalue weighted by Crippen LogP contribution is -2.30. The highest BCUT2D eigenvalue weighted by Crippen LogP contribution is 2.36. The number of likely N-dealkylation sites (tertiary alicyclic amines) is 1. The van der Waals surface area contributed by atoms with E-state index in [2.05, 4.69) is 22.5 Å². The topological polar surface area (TPSA) is 46.1 Å². The Hall–Kier alpha value is -3.05. The van der Waals surface area contributed by atoms with E-state index in [0.717, 1.165) is 47.1 Å². The van der Waals surface area contributed by atoms with Crippen molar-refractivity contribution in [2.45, 2.75) is 18.9 Å². The van der Waals surface area contributed by atoms with Gasteiger partial charge in [0.15, 0.2) is 0 Å². The lowest BCUT2D eigenvalue weighted by molar-refractivity contribution is 0.0740. The Morgan fingerprint density at radius 1 is 1.07 bits per heavy atom. The minimum Gasteiger partial charge on any atom is -0.331 e. The number of aromatic nitrogens is 2.